The average Bonchev–Trinajstić information content (AvgIpc) is 3.20. The van der Waals surface area contributed by atoms with Crippen LogP contribution in [0.3, 0.4) is 0 Å². The van der Waals surface area contributed by atoms with Crippen molar-refractivity contribution in [3.8, 4) is 0 Å². The topological polar surface area (TPSA) is 152 Å². The van der Waals surface area contributed by atoms with Crippen LogP contribution in [0, 0.1) is 0 Å². The lowest BCUT2D eigenvalue weighted by atomic mass is 9.97. The molecule has 0 amide bonds. The molecule has 0 aromatic heterocycles. The van der Waals surface area contributed by atoms with Crippen molar-refractivity contribution in [1.29, 1.82) is 0 Å². The Morgan fingerprint density at radius 1 is 0.537 bits per heavy atom. The summed E-state index contributed by atoms with van der Waals surface area (Å²) in [5, 5.41) is 32.8. The van der Waals surface area contributed by atoms with Crippen LogP contribution in [0.2, 0.25) is 0 Å². The van der Waals surface area contributed by atoms with Gasteiger partial charge in [0.15, 0.2) is 18.7 Å². The Hall–Kier alpha value is -4.05. The van der Waals surface area contributed by atoms with Crippen LogP contribution in [0.5, 0.6) is 0 Å². The van der Waals surface area contributed by atoms with E-state index < -0.39 is 74.0 Å². The van der Waals surface area contributed by atoms with E-state index in [1.807, 2.05) is 121 Å². The maximum atomic E-state index is 12.4. The zero-order valence-electron chi connectivity index (χ0n) is 30.1. The van der Waals surface area contributed by atoms with E-state index in [0.717, 1.165) is 22.3 Å². The lowest BCUT2D eigenvalue weighted by molar-refractivity contribution is -0.341. The van der Waals surface area contributed by atoms with Gasteiger partial charge in [0.2, 0.25) is 0 Å². The molecular formula is C42H48O12. The van der Waals surface area contributed by atoms with E-state index in [-0.39, 0.29) is 33.0 Å². The van der Waals surface area contributed by atoms with Crippen molar-refractivity contribution >= 4 is 5.97 Å². The molecular weight excluding hydrogens is 696 g/mol. The summed E-state index contributed by atoms with van der Waals surface area (Å²) in [5.41, 5.74) is 3.53. The van der Waals surface area contributed by atoms with Crippen LogP contribution in [0.4, 0.5) is 0 Å². The van der Waals surface area contributed by atoms with Gasteiger partial charge in [0.05, 0.1) is 39.6 Å². The van der Waals surface area contributed by atoms with Gasteiger partial charge in [-0.25, -0.2) is 0 Å². The fraction of sp³-hybridized carbons (Fsp3) is 0.405. The second kappa shape index (κ2) is 20.0. The molecule has 0 bridgehead atoms. The number of hydrogen-bond donors (Lipinski definition) is 3. The van der Waals surface area contributed by atoms with Gasteiger partial charge < -0.3 is 53.2 Å². The third-order valence-corrected chi connectivity index (χ3v) is 9.28. The minimum absolute atomic E-state index is 0.0866. The van der Waals surface area contributed by atoms with Crippen molar-refractivity contribution < 1.29 is 58.0 Å². The third kappa shape index (κ3) is 10.8. The van der Waals surface area contributed by atoms with Crippen LogP contribution < -0.4 is 0 Å². The lowest BCUT2D eigenvalue weighted by Gasteiger charge is -2.46. The molecule has 2 saturated heterocycles. The van der Waals surface area contributed by atoms with Crippen LogP contribution in [-0.4, -0.2) is 95.9 Å². The quantitative estimate of drug-likeness (QED) is 0.134. The number of carbonyl (C=O) groups is 1. The number of hydrogen-bond acceptors (Lipinski definition) is 12. The Kier molecular flexibility index (Phi) is 14.7. The van der Waals surface area contributed by atoms with E-state index in [1.54, 1.807) is 0 Å². The molecule has 12 heteroatoms. The van der Waals surface area contributed by atoms with Crippen molar-refractivity contribution in [2.24, 2.45) is 0 Å². The van der Waals surface area contributed by atoms with Crippen molar-refractivity contribution in [2.45, 2.75) is 94.8 Å². The normalized spacial score (nSPS) is 28.4. The first-order chi connectivity index (χ1) is 26.4. The maximum Gasteiger partial charge on any atom is 0.303 e. The Balaban J connectivity index is 1.25. The molecule has 3 N–H and O–H groups in total. The molecule has 2 fully saturated rings. The molecule has 0 unspecified atom stereocenters. The predicted molar refractivity (Wildman–Crippen MR) is 194 cm³/mol. The lowest BCUT2D eigenvalue weighted by Crippen LogP contribution is -2.63. The van der Waals surface area contributed by atoms with E-state index in [4.69, 9.17) is 37.9 Å². The fourth-order valence-corrected chi connectivity index (χ4v) is 6.54. The van der Waals surface area contributed by atoms with Crippen LogP contribution in [0.1, 0.15) is 29.2 Å². The van der Waals surface area contributed by atoms with Gasteiger partial charge in [0.25, 0.3) is 0 Å². The summed E-state index contributed by atoms with van der Waals surface area (Å²) in [5.74, 6) is -0.652. The maximum absolute atomic E-state index is 12.4. The number of esters is 1. The molecule has 0 saturated carbocycles. The minimum atomic E-state index is -1.45. The van der Waals surface area contributed by atoms with E-state index in [2.05, 4.69) is 0 Å². The highest BCUT2D eigenvalue weighted by molar-refractivity contribution is 5.66. The second-order valence-corrected chi connectivity index (χ2v) is 13.2. The van der Waals surface area contributed by atoms with Crippen LogP contribution >= 0.6 is 0 Å². The minimum Gasteiger partial charge on any atom is -0.454 e. The van der Waals surface area contributed by atoms with Crippen LogP contribution in [0.15, 0.2) is 121 Å². The summed E-state index contributed by atoms with van der Waals surface area (Å²) in [7, 11) is 0. The van der Waals surface area contributed by atoms with Gasteiger partial charge >= 0.3 is 5.97 Å². The molecule has 2 heterocycles. The molecule has 288 valence electrons. The molecule has 12 nitrogen and oxygen atoms in total. The summed E-state index contributed by atoms with van der Waals surface area (Å²) >= 11 is 0. The number of aliphatic hydroxyl groups excluding tert-OH is 3. The monoisotopic (exact) mass is 744 g/mol. The molecule has 6 rings (SSSR count). The van der Waals surface area contributed by atoms with Gasteiger partial charge in [-0.05, 0) is 22.3 Å². The highest BCUT2D eigenvalue weighted by atomic mass is 16.7. The smallest absolute Gasteiger partial charge is 0.303 e. The SMILES string of the molecule is CC(=O)O[C@H]1[C@H](OC[C@H]2O[C@@H](O)[C@H](OCc3ccccc3)[C@@H](OCc3ccccc3)[C@@H]2OCc2ccccc2)O[C@@H](CO)[C@@H](O)[C@@H]1OCc1ccccc1. The third-order valence-electron chi connectivity index (χ3n) is 9.28. The number of rotatable bonds is 17. The van der Waals surface area contributed by atoms with Crippen LogP contribution in [0.25, 0.3) is 0 Å². The molecule has 4 aromatic carbocycles. The van der Waals surface area contributed by atoms with Crippen molar-refractivity contribution in [3.05, 3.63) is 144 Å². The van der Waals surface area contributed by atoms with Gasteiger partial charge in [-0.1, -0.05) is 121 Å². The molecule has 0 spiro atoms. The molecule has 2 aliphatic rings. The van der Waals surface area contributed by atoms with E-state index >= 15 is 0 Å². The Morgan fingerprint density at radius 3 is 1.41 bits per heavy atom. The van der Waals surface area contributed by atoms with Crippen molar-refractivity contribution in [2.75, 3.05) is 13.2 Å². The molecule has 54 heavy (non-hydrogen) atoms. The first-order valence-corrected chi connectivity index (χ1v) is 18.1. The highest BCUT2D eigenvalue weighted by Crippen LogP contribution is 2.32. The van der Waals surface area contributed by atoms with Crippen molar-refractivity contribution in [3.63, 3.8) is 0 Å². The summed E-state index contributed by atoms with van der Waals surface area (Å²) in [6.45, 7) is 1.07. The number of aliphatic hydroxyl groups is 3. The van der Waals surface area contributed by atoms with Gasteiger partial charge in [-0.2, -0.15) is 0 Å². The van der Waals surface area contributed by atoms with Gasteiger partial charge in [0, 0.05) is 6.92 Å². The van der Waals surface area contributed by atoms with E-state index in [1.165, 1.54) is 6.92 Å². The van der Waals surface area contributed by atoms with Crippen molar-refractivity contribution in [1.82, 2.24) is 0 Å². The predicted octanol–water partition coefficient (Wildman–Crippen LogP) is 4.07. The first kappa shape index (κ1) is 39.6. The second-order valence-electron chi connectivity index (χ2n) is 13.2. The number of benzene rings is 4. The van der Waals surface area contributed by atoms with E-state index in [9.17, 15) is 20.1 Å². The summed E-state index contributed by atoms with van der Waals surface area (Å²) in [4.78, 5) is 12.4. The average molecular weight is 745 g/mol. The molecule has 0 radical (unpaired) electrons. The zero-order chi connectivity index (χ0) is 37.7. The molecule has 0 aliphatic carbocycles. The van der Waals surface area contributed by atoms with Gasteiger partial charge in [-0.15, -0.1) is 0 Å². The first-order valence-electron chi connectivity index (χ1n) is 18.1. The Morgan fingerprint density at radius 2 is 0.963 bits per heavy atom. The fourth-order valence-electron chi connectivity index (χ4n) is 6.54. The Labute approximate surface area is 315 Å². The highest BCUT2D eigenvalue weighted by Gasteiger charge is 2.51. The van der Waals surface area contributed by atoms with E-state index in [0.29, 0.717) is 0 Å². The largest absolute Gasteiger partial charge is 0.454 e. The number of carbonyl (C=O) groups excluding carboxylic acids is 1. The summed E-state index contributed by atoms with van der Waals surface area (Å²) in [6.07, 6.45) is -11.2. The van der Waals surface area contributed by atoms with Gasteiger partial charge in [0.1, 0.15) is 42.7 Å². The molecule has 2 aliphatic heterocycles. The zero-order valence-corrected chi connectivity index (χ0v) is 30.1. The Bertz CT molecular complexity index is 1660. The molecule has 4 aromatic rings. The standard InChI is InChI=1S/C42H48O12/c1-28(44)52-40-37(48-24-30-16-8-3-9-17-30)35(45)33(22-43)54-42(40)51-27-34-36(47-23-29-14-6-2-7-15-29)38(49-25-31-18-10-4-11-19-31)39(41(46)53-34)50-26-32-20-12-5-13-21-32/h2-21,33-43,45-46H,22-27H2,1H3/t33-,34+,35+,36+,37-,38-,39+,40+,41+,42+/m0/s1. The summed E-state index contributed by atoms with van der Waals surface area (Å²) in [6, 6.07) is 38.1. The van der Waals surface area contributed by atoms with Gasteiger partial charge in [-0.3, -0.25) is 4.79 Å². The number of ether oxygens (including phenoxy) is 8. The van der Waals surface area contributed by atoms with Crippen LogP contribution in [-0.2, 0) is 69.1 Å². The molecule has 10 atom stereocenters. The summed E-state index contributed by atoms with van der Waals surface area (Å²) < 4.78 is 49.6.